The molecule has 0 unspecified atom stereocenters. The van der Waals surface area contributed by atoms with Crippen LogP contribution in [-0.4, -0.2) is 19.9 Å². The van der Waals surface area contributed by atoms with Crippen molar-refractivity contribution in [1.29, 1.82) is 0 Å². The van der Waals surface area contributed by atoms with E-state index >= 15 is 0 Å². The Morgan fingerprint density at radius 2 is 2.22 bits per heavy atom. The van der Waals surface area contributed by atoms with Gasteiger partial charge in [-0.25, -0.2) is 0 Å². The number of hydrogen-bond donors (Lipinski definition) is 1. The van der Waals surface area contributed by atoms with Crippen molar-refractivity contribution in [3.8, 4) is 22.5 Å². The van der Waals surface area contributed by atoms with Gasteiger partial charge in [0.05, 0.1) is 17.5 Å². The molecule has 0 bridgehead atoms. The van der Waals surface area contributed by atoms with E-state index in [0.717, 1.165) is 11.3 Å². The van der Waals surface area contributed by atoms with Gasteiger partial charge in [0.25, 0.3) is 0 Å². The lowest BCUT2D eigenvalue weighted by atomic mass is 10.1. The van der Waals surface area contributed by atoms with E-state index < -0.39 is 0 Å². The fourth-order valence-electron chi connectivity index (χ4n) is 1.80. The second-order valence-electron chi connectivity index (χ2n) is 3.89. The van der Waals surface area contributed by atoms with Crippen molar-refractivity contribution in [2.24, 2.45) is 7.05 Å². The maximum absolute atomic E-state index is 5.82. The lowest BCUT2D eigenvalue weighted by molar-refractivity contribution is 0.439. The van der Waals surface area contributed by atoms with Gasteiger partial charge in [-0.3, -0.25) is 9.67 Å². The molecule has 0 saturated carbocycles. The van der Waals surface area contributed by atoms with Gasteiger partial charge in [-0.1, -0.05) is 11.2 Å². The standard InChI is InChI=1S/C12H11N5O/c1-17-7-8(6-15-17)11-10(12(13)18-16-11)9-4-2-3-5-14-9/h2-7H,13H2,1H3. The topological polar surface area (TPSA) is 82.8 Å². The number of nitrogens with two attached hydrogens (primary N) is 1. The Hall–Kier alpha value is -2.63. The fraction of sp³-hybridized carbons (Fsp3) is 0.0833. The van der Waals surface area contributed by atoms with Crippen LogP contribution in [0.15, 0.2) is 41.3 Å². The fourth-order valence-corrected chi connectivity index (χ4v) is 1.80. The van der Waals surface area contributed by atoms with E-state index in [2.05, 4.69) is 15.2 Å². The van der Waals surface area contributed by atoms with Gasteiger partial charge in [-0.2, -0.15) is 5.10 Å². The first-order chi connectivity index (χ1) is 8.75. The van der Waals surface area contributed by atoms with E-state index in [1.807, 2.05) is 31.4 Å². The molecule has 3 rings (SSSR count). The summed E-state index contributed by atoms with van der Waals surface area (Å²) in [6.45, 7) is 0. The van der Waals surface area contributed by atoms with Crippen LogP contribution in [0.2, 0.25) is 0 Å². The largest absolute Gasteiger partial charge is 0.367 e. The minimum atomic E-state index is 0.257. The molecule has 3 heterocycles. The third-order valence-electron chi connectivity index (χ3n) is 2.62. The van der Waals surface area contributed by atoms with Crippen molar-refractivity contribution in [2.75, 3.05) is 5.73 Å². The summed E-state index contributed by atoms with van der Waals surface area (Å²) in [5.41, 5.74) is 8.75. The third-order valence-corrected chi connectivity index (χ3v) is 2.62. The molecule has 6 heteroatoms. The van der Waals surface area contributed by atoms with Crippen molar-refractivity contribution >= 4 is 5.88 Å². The van der Waals surface area contributed by atoms with Crippen molar-refractivity contribution < 1.29 is 4.52 Å². The van der Waals surface area contributed by atoms with Crippen LogP contribution in [-0.2, 0) is 7.05 Å². The van der Waals surface area contributed by atoms with E-state index in [1.54, 1.807) is 17.1 Å². The molecular formula is C12H11N5O. The summed E-state index contributed by atoms with van der Waals surface area (Å²) in [5, 5.41) is 8.09. The van der Waals surface area contributed by atoms with Crippen LogP contribution in [0.5, 0.6) is 0 Å². The number of anilines is 1. The number of nitrogens with zero attached hydrogens (tertiary/aromatic N) is 4. The van der Waals surface area contributed by atoms with E-state index in [1.165, 1.54) is 0 Å². The smallest absolute Gasteiger partial charge is 0.232 e. The van der Waals surface area contributed by atoms with E-state index in [-0.39, 0.29) is 5.88 Å². The van der Waals surface area contributed by atoms with Crippen LogP contribution in [0.1, 0.15) is 0 Å². The molecule has 3 aromatic rings. The van der Waals surface area contributed by atoms with Crippen LogP contribution in [0.3, 0.4) is 0 Å². The summed E-state index contributed by atoms with van der Waals surface area (Å²) in [6.07, 6.45) is 5.27. The first-order valence-corrected chi connectivity index (χ1v) is 5.41. The van der Waals surface area contributed by atoms with Crippen LogP contribution in [0, 0.1) is 0 Å². The monoisotopic (exact) mass is 241 g/mol. The number of nitrogen functional groups attached to an aromatic ring is 1. The lowest BCUT2D eigenvalue weighted by Gasteiger charge is -1.99. The first-order valence-electron chi connectivity index (χ1n) is 5.41. The quantitative estimate of drug-likeness (QED) is 0.738. The lowest BCUT2D eigenvalue weighted by Crippen LogP contribution is -1.89. The molecule has 0 aliphatic carbocycles. The summed E-state index contributed by atoms with van der Waals surface area (Å²) in [7, 11) is 1.84. The molecule has 6 nitrogen and oxygen atoms in total. The Morgan fingerprint density at radius 1 is 1.33 bits per heavy atom. The summed E-state index contributed by atoms with van der Waals surface area (Å²) in [4.78, 5) is 4.27. The highest BCUT2D eigenvalue weighted by Crippen LogP contribution is 2.34. The molecule has 0 radical (unpaired) electrons. The molecule has 0 aliphatic heterocycles. The van der Waals surface area contributed by atoms with Crippen molar-refractivity contribution in [3.63, 3.8) is 0 Å². The minimum absolute atomic E-state index is 0.257. The van der Waals surface area contributed by atoms with Crippen LogP contribution >= 0.6 is 0 Å². The highest BCUT2D eigenvalue weighted by atomic mass is 16.5. The summed E-state index contributed by atoms with van der Waals surface area (Å²) in [6, 6.07) is 5.60. The predicted molar refractivity (Wildman–Crippen MR) is 66.3 cm³/mol. The number of aromatic nitrogens is 4. The zero-order valence-electron chi connectivity index (χ0n) is 9.74. The van der Waals surface area contributed by atoms with Gasteiger partial charge in [0.2, 0.25) is 5.88 Å². The Labute approximate surface area is 103 Å². The van der Waals surface area contributed by atoms with Crippen LogP contribution in [0.4, 0.5) is 5.88 Å². The van der Waals surface area contributed by atoms with Crippen LogP contribution in [0.25, 0.3) is 22.5 Å². The molecule has 0 aromatic carbocycles. The average molecular weight is 241 g/mol. The molecule has 0 saturated heterocycles. The Morgan fingerprint density at radius 3 is 2.89 bits per heavy atom. The van der Waals surface area contributed by atoms with Gasteiger partial charge in [0.15, 0.2) is 0 Å². The van der Waals surface area contributed by atoms with E-state index in [9.17, 15) is 0 Å². The van der Waals surface area contributed by atoms with Gasteiger partial charge in [-0.15, -0.1) is 0 Å². The molecule has 0 spiro atoms. The number of pyridine rings is 1. The second-order valence-corrected chi connectivity index (χ2v) is 3.89. The Bertz CT molecular complexity index is 671. The van der Waals surface area contributed by atoms with Crippen molar-refractivity contribution in [1.82, 2.24) is 19.9 Å². The first kappa shape index (κ1) is 10.5. The summed E-state index contributed by atoms with van der Waals surface area (Å²) >= 11 is 0. The van der Waals surface area contributed by atoms with Gasteiger partial charge in [0.1, 0.15) is 5.69 Å². The average Bonchev–Trinajstić information content (AvgIpc) is 2.96. The van der Waals surface area contributed by atoms with Gasteiger partial charge >= 0.3 is 0 Å². The SMILES string of the molecule is Cn1cc(-c2noc(N)c2-c2ccccn2)cn1. The maximum atomic E-state index is 5.82. The highest BCUT2D eigenvalue weighted by molar-refractivity contribution is 5.84. The van der Waals surface area contributed by atoms with Crippen LogP contribution < -0.4 is 5.73 Å². The zero-order valence-corrected chi connectivity index (χ0v) is 9.74. The van der Waals surface area contributed by atoms with Gasteiger partial charge in [0, 0.05) is 25.0 Å². The summed E-state index contributed by atoms with van der Waals surface area (Å²) in [5.74, 6) is 0.257. The van der Waals surface area contributed by atoms with E-state index in [4.69, 9.17) is 10.3 Å². The van der Waals surface area contributed by atoms with E-state index in [0.29, 0.717) is 11.3 Å². The molecule has 0 amide bonds. The molecule has 90 valence electrons. The third kappa shape index (κ3) is 1.64. The molecule has 2 N–H and O–H groups in total. The number of hydrogen-bond acceptors (Lipinski definition) is 5. The molecule has 0 atom stereocenters. The molecule has 18 heavy (non-hydrogen) atoms. The Kier molecular flexibility index (Phi) is 2.33. The second kappa shape index (κ2) is 3.99. The minimum Gasteiger partial charge on any atom is -0.367 e. The summed E-state index contributed by atoms with van der Waals surface area (Å²) < 4.78 is 6.76. The maximum Gasteiger partial charge on any atom is 0.232 e. The molecule has 0 fully saturated rings. The molecule has 3 aromatic heterocycles. The molecular weight excluding hydrogens is 230 g/mol. The zero-order chi connectivity index (χ0) is 12.5. The van der Waals surface area contributed by atoms with Gasteiger partial charge < -0.3 is 10.3 Å². The van der Waals surface area contributed by atoms with Gasteiger partial charge in [-0.05, 0) is 12.1 Å². The highest BCUT2D eigenvalue weighted by Gasteiger charge is 2.19. The van der Waals surface area contributed by atoms with Crippen molar-refractivity contribution in [3.05, 3.63) is 36.8 Å². The predicted octanol–water partition coefficient (Wildman–Crippen LogP) is 1.72. The Balaban J connectivity index is 2.18. The number of aryl methyl sites for hydroxylation is 1. The van der Waals surface area contributed by atoms with Crippen molar-refractivity contribution in [2.45, 2.75) is 0 Å². The normalized spacial score (nSPS) is 10.7. The molecule has 0 aliphatic rings. The number of rotatable bonds is 2.